The number of fused-ring (bicyclic) bond motifs is 1. The fourth-order valence-electron chi connectivity index (χ4n) is 1.71. The monoisotopic (exact) mass is 177 g/mol. The Morgan fingerprint density at radius 2 is 2.31 bits per heavy atom. The van der Waals surface area contributed by atoms with Gasteiger partial charge in [0.05, 0.1) is 0 Å². The van der Waals surface area contributed by atoms with Gasteiger partial charge < -0.3 is 10.5 Å². The van der Waals surface area contributed by atoms with Crippen LogP contribution in [0.15, 0.2) is 24.3 Å². The largest absolute Gasteiger partial charge is 0.488 e. The maximum Gasteiger partial charge on any atom is 0.123 e. The van der Waals surface area contributed by atoms with Crippen LogP contribution >= 0.6 is 0 Å². The predicted octanol–water partition coefficient (Wildman–Crippen LogP) is 1.73. The first-order valence-electron chi connectivity index (χ1n) is 4.81. The zero-order valence-electron chi connectivity index (χ0n) is 7.86. The van der Waals surface area contributed by atoms with Gasteiger partial charge in [0.2, 0.25) is 0 Å². The molecule has 1 aromatic rings. The molecule has 1 unspecified atom stereocenters. The molecular weight excluding hydrogens is 162 g/mol. The fourth-order valence-corrected chi connectivity index (χ4v) is 1.71. The number of hydrogen-bond donors (Lipinski definition) is 1. The number of benzene rings is 1. The molecule has 2 rings (SSSR count). The van der Waals surface area contributed by atoms with Gasteiger partial charge in [-0.15, -0.1) is 0 Å². The Hall–Kier alpha value is -1.02. The van der Waals surface area contributed by atoms with E-state index in [4.69, 9.17) is 10.5 Å². The zero-order valence-corrected chi connectivity index (χ0v) is 7.86. The fraction of sp³-hybridized carbons (Fsp3) is 0.455. The van der Waals surface area contributed by atoms with Crippen molar-refractivity contribution in [3.8, 4) is 5.75 Å². The Bertz CT molecular complexity index is 273. The van der Waals surface area contributed by atoms with Crippen LogP contribution in [0.3, 0.4) is 0 Å². The van der Waals surface area contributed by atoms with Gasteiger partial charge in [0, 0.05) is 12.5 Å². The average Bonchev–Trinajstić information content (AvgIpc) is 2.59. The van der Waals surface area contributed by atoms with Crippen LogP contribution in [0.4, 0.5) is 0 Å². The van der Waals surface area contributed by atoms with E-state index in [2.05, 4.69) is 13.0 Å². The van der Waals surface area contributed by atoms with Crippen molar-refractivity contribution in [1.29, 1.82) is 0 Å². The number of nitrogens with two attached hydrogens (primary N) is 1. The second-order valence-corrected chi connectivity index (χ2v) is 3.54. The van der Waals surface area contributed by atoms with E-state index in [-0.39, 0.29) is 12.1 Å². The number of hydrogen-bond acceptors (Lipinski definition) is 2. The molecule has 2 heteroatoms. The van der Waals surface area contributed by atoms with E-state index in [1.165, 1.54) is 5.56 Å². The van der Waals surface area contributed by atoms with Crippen LogP contribution in [0.1, 0.15) is 18.9 Å². The van der Waals surface area contributed by atoms with Crippen molar-refractivity contribution in [3.05, 3.63) is 29.8 Å². The summed E-state index contributed by atoms with van der Waals surface area (Å²) in [6.45, 7) is 2.09. The van der Waals surface area contributed by atoms with Crippen LogP contribution in [0.2, 0.25) is 0 Å². The van der Waals surface area contributed by atoms with Gasteiger partial charge in [-0.2, -0.15) is 0 Å². The van der Waals surface area contributed by atoms with E-state index in [0.29, 0.717) is 0 Å². The molecule has 13 heavy (non-hydrogen) atoms. The second kappa shape index (κ2) is 3.38. The van der Waals surface area contributed by atoms with Gasteiger partial charge in [-0.1, -0.05) is 25.1 Å². The molecule has 1 aromatic carbocycles. The molecule has 0 bridgehead atoms. The topological polar surface area (TPSA) is 35.2 Å². The third-order valence-electron chi connectivity index (χ3n) is 2.62. The number of para-hydroxylation sites is 1. The summed E-state index contributed by atoms with van der Waals surface area (Å²) in [5.41, 5.74) is 7.22. The molecule has 0 radical (unpaired) electrons. The van der Waals surface area contributed by atoms with Crippen LogP contribution in [0, 0.1) is 0 Å². The van der Waals surface area contributed by atoms with Gasteiger partial charge >= 0.3 is 0 Å². The molecule has 1 aliphatic rings. The van der Waals surface area contributed by atoms with E-state index in [9.17, 15) is 0 Å². The third kappa shape index (κ3) is 1.54. The molecule has 0 spiro atoms. The summed E-state index contributed by atoms with van der Waals surface area (Å²) in [7, 11) is 0. The quantitative estimate of drug-likeness (QED) is 0.746. The summed E-state index contributed by atoms with van der Waals surface area (Å²) >= 11 is 0. The van der Waals surface area contributed by atoms with Crippen LogP contribution in [0.25, 0.3) is 0 Å². The highest BCUT2D eigenvalue weighted by atomic mass is 16.5. The van der Waals surface area contributed by atoms with Crippen molar-refractivity contribution in [2.45, 2.75) is 31.9 Å². The van der Waals surface area contributed by atoms with Crippen molar-refractivity contribution in [2.75, 3.05) is 0 Å². The lowest BCUT2D eigenvalue weighted by molar-refractivity contribution is 0.196. The van der Waals surface area contributed by atoms with Gasteiger partial charge in [-0.25, -0.2) is 0 Å². The summed E-state index contributed by atoms with van der Waals surface area (Å²) in [5.74, 6) is 1.01. The Balaban J connectivity index is 2.14. The lowest BCUT2D eigenvalue weighted by atomic mass is 10.0. The lowest BCUT2D eigenvalue weighted by Crippen LogP contribution is -2.37. The molecule has 0 aliphatic carbocycles. The van der Waals surface area contributed by atoms with Crippen molar-refractivity contribution < 1.29 is 4.74 Å². The van der Waals surface area contributed by atoms with E-state index in [1.54, 1.807) is 0 Å². The smallest absolute Gasteiger partial charge is 0.123 e. The first-order chi connectivity index (χ1) is 6.31. The Morgan fingerprint density at radius 1 is 1.54 bits per heavy atom. The first kappa shape index (κ1) is 8.57. The van der Waals surface area contributed by atoms with E-state index in [1.807, 2.05) is 18.2 Å². The van der Waals surface area contributed by atoms with Crippen LogP contribution < -0.4 is 10.5 Å². The van der Waals surface area contributed by atoms with Gasteiger partial charge in [-0.3, -0.25) is 0 Å². The minimum Gasteiger partial charge on any atom is -0.488 e. The van der Waals surface area contributed by atoms with Gasteiger partial charge in [-0.05, 0) is 18.1 Å². The molecule has 0 amide bonds. The third-order valence-corrected chi connectivity index (χ3v) is 2.62. The molecule has 1 heterocycles. The Morgan fingerprint density at radius 3 is 3.00 bits per heavy atom. The summed E-state index contributed by atoms with van der Waals surface area (Å²) < 4.78 is 5.73. The van der Waals surface area contributed by atoms with Crippen LogP contribution in [0.5, 0.6) is 5.75 Å². The average molecular weight is 177 g/mol. The lowest BCUT2D eigenvalue weighted by Gasteiger charge is -2.16. The van der Waals surface area contributed by atoms with Crippen molar-refractivity contribution in [2.24, 2.45) is 5.73 Å². The summed E-state index contributed by atoms with van der Waals surface area (Å²) in [6, 6.07) is 8.32. The summed E-state index contributed by atoms with van der Waals surface area (Å²) in [6.07, 6.45) is 2.12. The van der Waals surface area contributed by atoms with Crippen molar-refractivity contribution in [3.63, 3.8) is 0 Å². The van der Waals surface area contributed by atoms with Gasteiger partial charge in [0.15, 0.2) is 0 Å². The van der Waals surface area contributed by atoms with Crippen molar-refractivity contribution >= 4 is 0 Å². The molecule has 0 saturated carbocycles. The molecule has 0 aromatic heterocycles. The highest BCUT2D eigenvalue weighted by Gasteiger charge is 2.26. The molecule has 0 saturated heterocycles. The summed E-state index contributed by atoms with van der Waals surface area (Å²) in [5, 5.41) is 0. The number of rotatable bonds is 2. The molecule has 2 nitrogen and oxygen atoms in total. The number of ether oxygens (including phenoxy) is 1. The SMILES string of the molecule is CC[C@@H](N)C1Cc2ccccc2O1. The summed E-state index contributed by atoms with van der Waals surface area (Å²) in [4.78, 5) is 0. The molecule has 2 atom stereocenters. The maximum absolute atomic E-state index is 5.93. The minimum atomic E-state index is 0.160. The van der Waals surface area contributed by atoms with Crippen molar-refractivity contribution in [1.82, 2.24) is 0 Å². The highest BCUT2D eigenvalue weighted by molar-refractivity contribution is 5.37. The molecule has 2 N–H and O–H groups in total. The normalized spacial score (nSPS) is 22.2. The standard InChI is InChI=1S/C11H15NO/c1-2-9(12)11-7-8-5-3-4-6-10(8)13-11/h3-6,9,11H,2,7,12H2,1H3/t9-,11?/m1/s1. The van der Waals surface area contributed by atoms with Crippen LogP contribution in [-0.2, 0) is 6.42 Å². The minimum absolute atomic E-state index is 0.160. The van der Waals surface area contributed by atoms with E-state index < -0.39 is 0 Å². The van der Waals surface area contributed by atoms with E-state index >= 15 is 0 Å². The van der Waals surface area contributed by atoms with Gasteiger partial charge in [0.1, 0.15) is 11.9 Å². The maximum atomic E-state index is 5.93. The Labute approximate surface area is 78.7 Å². The van der Waals surface area contributed by atoms with Crippen LogP contribution in [-0.4, -0.2) is 12.1 Å². The Kier molecular flexibility index (Phi) is 2.23. The van der Waals surface area contributed by atoms with Gasteiger partial charge in [0.25, 0.3) is 0 Å². The molecule has 1 aliphatic heterocycles. The highest BCUT2D eigenvalue weighted by Crippen LogP contribution is 2.29. The first-order valence-corrected chi connectivity index (χ1v) is 4.81. The molecular formula is C11H15NO. The second-order valence-electron chi connectivity index (χ2n) is 3.54. The predicted molar refractivity (Wildman–Crippen MR) is 52.8 cm³/mol. The van der Waals surface area contributed by atoms with E-state index in [0.717, 1.165) is 18.6 Å². The molecule has 0 fully saturated rings. The zero-order chi connectivity index (χ0) is 9.26. The molecule has 70 valence electrons.